The molecule has 1 aliphatic heterocycles. The molecule has 2 rings (SSSR count). The number of rotatable bonds is 3. The molecule has 0 aliphatic carbocycles. The summed E-state index contributed by atoms with van der Waals surface area (Å²) >= 11 is 0. The molecule has 0 amide bonds. The Hall–Kier alpha value is -1.51. The van der Waals surface area contributed by atoms with Gasteiger partial charge >= 0.3 is 5.97 Å². The molecular weight excluding hydrogens is 216 g/mol. The number of hydrogen-bond donors (Lipinski definition) is 1. The van der Waals surface area contributed by atoms with Gasteiger partial charge in [-0.15, -0.1) is 0 Å². The van der Waals surface area contributed by atoms with Crippen molar-refractivity contribution in [2.75, 3.05) is 6.61 Å². The molecule has 0 fully saturated rings. The molecule has 0 saturated heterocycles. The Balaban J connectivity index is 2.39. The van der Waals surface area contributed by atoms with Crippen LogP contribution in [0.1, 0.15) is 30.5 Å². The zero-order valence-corrected chi connectivity index (χ0v) is 10.5. The molecule has 0 bridgehead atoms. The second kappa shape index (κ2) is 4.06. The number of carbonyl (C=O) groups is 1. The van der Waals surface area contributed by atoms with E-state index in [0.29, 0.717) is 13.0 Å². The Morgan fingerprint density at radius 3 is 2.82 bits per heavy atom. The van der Waals surface area contributed by atoms with Crippen molar-refractivity contribution in [2.24, 2.45) is 5.41 Å². The van der Waals surface area contributed by atoms with Crippen LogP contribution in [0.15, 0.2) is 12.1 Å². The van der Waals surface area contributed by atoms with Crippen LogP contribution in [-0.2, 0) is 17.6 Å². The molecule has 1 heterocycles. The van der Waals surface area contributed by atoms with E-state index < -0.39 is 11.4 Å². The standard InChI is InChI=1S/C14H18O3/c1-9-4-5-12-10(6-7-17-12)11(9)8-14(2,3)13(15)16/h4-5H,6-8H2,1-3H3,(H,15,16). The average molecular weight is 234 g/mol. The Kier molecular flexibility index (Phi) is 2.86. The monoisotopic (exact) mass is 234 g/mol. The molecule has 0 atom stereocenters. The van der Waals surface area contributed by atoms with Crippen LogP contribution in [0.2, 0.25) is 0 Å². The number of aliphatic carboxylic acids is 1. The van der Waals surface area contributed by atoms with E-state index in [9.17, 15) is 9.90 Å². The maximum atomic E-state index is 11.2. The number of hydrogen-bond acceptors (Lipinski definition) is 2. The molecule has 0 aromatic heterocycles. The molecule has 0 radical (unpaired) electrons. The first-order valence-electron chi connectivity index (χ1n) is 5.89. The minimum absolute atomic E-state index is 0.556. The van der Waals surface area contributed by atoms with E-state index in [1.165, 1.54) is 5.56 Å². The second-order valence-corrected chi connectivity index (χ2v) is 5.30. The molecule has 3 heteroatoms. The van der Waals surface area contributed by atoms with E-state index in [0.717, 1.165) is 23.3 Å². The van der Waals surface area contributed by atoms with Gasteiger partial charge < -0.3 is 9.84 Å². The van der Waals surface area contributed by atoms with Gasteiger partial charge in [-0.05, 0) is 44.4 Å². The number of ether oxygens (including phenoxy) is 1. The van der Waals surface area contributed by atoms with Crippen LogP contribution in [0.4, 0.5) is 0 Å². The minimum atomic E-state index is -0.756. The van der Waals surface area contributed by atoms with E-state index in [4.69, 9.17) is 4.74 Å². The van der Waals surface area contributed by atoms with Crippen molar-refractivity contribution in [3.8, 4) is 5.75 Å². The normalized spacial score (nSPS) is 14.3. The molecule has 0 saturated carbocycles. The van der Waals surface area contributed by atoms with Gasteiger partial charge in [-0.25, -0.2) is 0 Å². The Morgan fingerprint density at radius 1 is 1.47 bits per heavy atom. The summed E-state index contributed by atoms with van der Waals surface area (Å²) < 4.78 is 5.52. The fourth-order valence-electron chi connectivity index (χ4n) is 2.22. The quantitative estimate of drug-likeness (QED) is 0.874. The van der Waals surface area contributed by atoms with E-state index in [1.807, 2.05) is 19.1 Å². The van der Waals surface area contributed by atoms with Gasteiger partial charge in [0.15, 0.2) is 0 Å². The van der Waals surface area contributed by atoms with Crippen LogP contribution >= 0.6 is 0 Å². The van der Waals surface area contributed by atoms with Crippen LogP contribution in [0.25, 0.3) is 0 Å². The first-order chi connectivity index (χ1) is 7.92. The highest BCUT2D eigenvalue weighted by atomic mass is 16.5. The highest BCUT2D eigenvalue weighted by Crippen LogP contribution is 2.34. The van der Waals surface area contributed by atoms with Crippen LogP contribution < -0.4 is 4.74 Å². The van der Waals surface area contributed by atoms with Crippen molar-refractivity contribution in [1.29, 1.82) is 0 Å². The maximum Gasteiger partial charge on any atom is 0.309 e. The minimum Gasteiger partial charge on any atom is -0.493 e. The molecule has 1 N–H and O–H groups in total. The first-order valence-corrected chi connectivity index (χ1v) is 5.89. The predicted molar refractivity (Wildman–Crippen MR) is 65.5 cm³/mol. The Bertz CT molecular complexity index is 461. The summed E-state index contributed by atoms with van der Waals surface area (Å²) in [5.41, 5.74) is 2.76. The van der Waals surface area contributed by atoms with Crippen LogP contribution in [0, 0.1) is 12.3 Å². The molecule has 17 heavy (non-hydrogen) atoms. The van der Waals surface area contributed by atoms with Crippen molar-refractivity contribution in [1.82, 2.24) is 0 Å². The molecule has 0 unspecified atom stereocenters. The molecular formula is C14H18O3. The third kappa shape index (κ3) is 2.14. The van der Waals surface area contributed by atoms with Gasteiger partial charge in [0.05, 0.1) is 12.0 Å². The lowest BCUT2D eigenvalue weighted by Gasteiger charge is -2.22. The topological polar surface area (TPSA) is 46.5 Å². The van der Waals surface area contributed by atoms with E-state index in [-0.39, 0.29) is 0 Å². The van der Waals surface area contributed by atoms with Crippen LogP contribution in [0.3, 0.4) is 0 Å². The largest absolute Gasteiger partial charge is 0.493 e. The maximum absolute atomic E-state index is 11.2. The van der Waals surface area contributed by atoms with Gasteiger partial charge in [0.25, 0.3) is 0 Å². The van der Waals surface area contributed by atoms with E-state index >= 15 is 0 Å². The third-order valence-electron chi connectivity index (χ3n) is 3.43. The third-order valence-corrected chi connectivity index (χ3v) is 3.43. The number of aryl methyl sites for hydroxylation is 1. The number of carboxylic acid groups (broad SMARTS) is 1. The van der Waals surface area contributed by atoms with Gasteiger partial charge in [0.1, 0.15) is 5.75 Å². The van der Waals surface area contributed by atoms with Crippen molar-refractivity contribution >= 4 is 5.97 Å². The molecule has 1 aliphatic rings. The van der Waals surface area contributed by atoms with Gasteiger partial charge in [-0.2, -0.15) is 0 Å². The lowest BCUT2D eigenvalue weighted by Crippen LogP contribution is -2.27. The summed E-state index contributed by atoms with van der Waals surface area (Å²) in [7, 11) is 0. The van der Waals surface area contributed by atoms with Gasteiger partial charge in [0.2, 0.25) is 0 Å². The van der Waals surface area contributed by atoms with Crippen LogP contribution in [-0.4, -0.2) is 17.7 Å². The van der Waals surface area contributed by atoms with Gasteiger partial charge in [-0.3, -0.25) is 4.79 Å². The molecule has 1 aromatic carbocycles. The summed E-state index contributed by atoms with van der Waals surface area (Å²) in [5.74, 6) is 0.167. The van der Waals surface area contributed by atoms with Crippen molar-refractivity contribution in [3.63, 3.8) is 0 Å². The Morgan fingerprint density at radius 2 is 2.18 bits per heavy atom. The van der Waals surface area contributed by atoms with E-state index in [2.05, 4.69) is 0 Å². The fourth-order valence-corrected chi connectivity index (χ4v) is 2.22. The fraction of sp³-hybridized carbons (Fsp3) is 0.500. The lowest BCUT2D eigenvalue weighted by molar-refractivity contribution is -0.146. The molecule has 92 valence electrons. The van der Waals surface area contributed by atoms with Crippen molar-refractivity contribution in [2.45, 2.75) is 33.6 Å². The lowest BCUT2D eigenvalue weighted by atomic mass is 9.82. The Labute approximate surface area is 101 Å². The summed E-state index contributed by atoms with van der Waals surface area (Å²) in [6.07, 6.45) is 1.45. The summed E-state index contributed by atoms with van der Waals surface area (Å²) in [5, 5.41) is 9.21. The molecule has 1 aromatic rings. The molecule has 3 nitrogen and oxygen atoms in total. The first kappa shape index (κ1) is 12.0. The highest BCUT2D eigenvalue weighted by molar-refractivity contribution is 5.74. The smallest absolute Gasteiger partial charge is 0.309 e. The zero-order chi connectivity index (χ0) is 12.6. The summed E-state index contributed by atoms with van der Waals surface area (Å²) in [4.78, 5) is 11.2. The van der Waals surface area contributed by atoms with E-state index in [1.54, 1.807) is 13.8 Å². The van der Waals surface area contributed by atoms with Crippen molar-refractivity contribution in [3.05, 3.63) is 28.8 Å². The second-order valence-electron chi connectivity index (χ2n) is 5.30. The van der Waals surface area contributed by atoms with Crippen LogP contribution in [0.5, 0.6) is 5.75 Å². The SMILES string of the molecule is Cc1ccc2c(c1CC(C)(C)C(=O)O)CCO2. The number of benzene rings is 1. The van der Waals surface area contributed by atoms with Crippen molar-refractivity contribution < 1.29 is 14.6 Å². The van der Waals surface area contributed by atoms with Gasteiger partial charge in [0, 0.05) is 12.0 Å². The zero-order valence-electron chi connectivity index (χ0n) is 10.5. The average Bonchev–Trinajstić information content (AvgIpc) is 2.70. The number of fused-ring (bicyclic) bond motifs is 1. The summed E-state index contributed by atoms with van der Waals surface area (Å²) in [6.45, 7) is 6.28. The number of carboxylic acids is 1. The molecule has 0 spiro atoms. The summed E-state index contributed by atoms with van der Waals surface area (Å²) in [6, 6.07) is 3.99. The van der Waals surface area contributed by atoms with Gasteiger partial charge in [-0.1, -0.05) is 6.07 Å². The predicted octanol–water partition coefficient (Wildman–Crippen LogP) is 2.58. The highest BCUT2D eigenvalue weighted by Gasteiger charge is 2.30.